The number of anilines is 1. The van der Waals surface area contributed by atoms with E-state index in [1.54, 1.807) is 42.4 Å². The van der Waals surface area contributed by atoms with Crippen molar-refractivity contribution in [2.75, 3.05) is 18.6 Å². The van der Waals surface area contributed by atoms with Crippen molar-refractivity contribution in [1.82, 2.24) is 24.8 Å². The van der Waals surface area contributed by atoms with Gasteiger partial charge in [0.25, 0.3) is 0 Å². The Morgan fingerprint density at radius 3 is 2.76 bits per heavy atom. The number of ether oxygens (including phenoxy) is 1. The molecule has 1 saturated carbocycles. The highest BCUT2D eigenvalue weighted by molar-refractivity contribution is 5.76. The zero-order chi connectivity index (χ0) is 23.2. The topological polar surface area (TPSA) is 71.3 Å². The Hall–Kier alpha value is -3.63. The van der Waals surface area contributed by atoms with Gasteiger partial charge in [0.05, 0.1) is 18.4 Å². The minimum absolute atomic E-state index is 0.0157. The van der Waals surface area contributed by atoms with Crippen LogP contribution < -0.4 is 9.64 Å². The Labute approximate surface area is 186 Å². The third-order valence-corrected chi connectivity index (χ3v) is 5.69. The second-order valence-corrected chi connectivity index (χ2v) is 8.08. The molecule has 1 atom stereocenters. The average Bonchev–Trinajstić information content (AvgIpc) is 3.29. The summed E-state index contributed by atoms with van der Waals surface area (Å²) < 4.78 is 59.2. The van der Waals surface area contributed by atoms with E-state index < -0.39 is 24.6 Å². The number of nitrogens with one attached hydrogen (secondary N) is 1. The number of aromatic amines is 1. The van der Waals surface area contributed by atoms with Gasteiger partial charge in [-0.15, -0.1) is 0 Å². The van der Waals surface area contributed by atoms with Crippen LogP contribution in [0.1, 0.15) is 24.4 Å². The molecule has 1 unspecified atom stereocenters. The smallest absolute Gasteiger partial charge is 0.422 e. The zero-order valence-electron chi connectivity index (χ0n) is 17.6. The normalized spacial score (nSPS) is 15.1. The lowest BCUT2D eigenvalue weighted by Gasteiger charge is -2.31. The van der Waals surface area contributed by atoms with E-state index >= 15 is 0 Å². The summed E-state index contributed by atoms with van der Waals surface area (Å²) in [5, 5.41) is 11.0. The van der Waals surface area contributed by atoms with Crippen molar-refractivity contribution >= 4 is 11.5 Å². The lowest BCUT2D eigenvalue weighted by molar-refractivity contribution is -0.153. The zero-order valence-corrected chi connectivity index (χ0v) is 17.6. The lowest BCUT2D eigenvalue weighted by Crippen LogP contribution is -2.28. The highest BCUT2D eigenvalue weighted by atomic mass is 19.4. The van der Waals surface area contributed by atoms with Gasteiger partial charge in [0, 0.05) is 36.1 Å². The van der Waals surface area contributed by atoms with Gasteiger partial charge in [0.2, 0.25) is 0 Å². The van der Waals surface area contributed by atoms with Crippen LogP contribution in [-0.4, -0.2) is 44.6 Å². The Morgan fingerprint density at radius 2 is 2.06 bits per heavy atom. The van der Waals surface area contributed by atoms with Crippen LogP contribution in [0.25, 0.3) is 16.8 Å². The predicted octanol–water partition coefficient (Wildman–Crippen LogP) is 4.79. The van der Waals surface area contributed by atoms with Crippen LogP contribution in [0, 0.1) is 11.7 Å². The van der Waals surface area contributed by atoms with E-state index in [-0.39, 0.29) is 11.7 Å². The van der Waals surface area contributed by atoms with Gasteiger partial charge in [-0.25, -0.2) is 13.9 Å². The van der Waals surface area contributed by atoms with Crippen molar-refractivity contribution in [3.05, 3.63) is 60.4 Å². The van der Waals surface area contributed by atoms with Crippen molar-refractivity contribution in [3.8, 4) is 16.9 Å². The van der Waals surface area contributed by atoms with Crippen molar-refractivity contribution < 1.29 is 22.3 Å². The van der Waals surface area contributed by atoms with Gasteiger partial charge in [0.15, 0.2) is 12.3 Å². The highest BCUT2D eigenvalue weighted by Gasteiger charge is 2.38. The summed E-state index contributed by atoms with van der Waals surface area (Å²) in [6, 6.07) is 4.97. The summed E-state index contributed by atoms with van der Waals surface area (Å²) in [6.07, 6.45) is 4.10. The summed E-state index contributed by atoms with van der Waals surface area (Å²) in [6.45, 7) is -1.44. The summed E-state index contributed by atoms with van der Waals surface area (Å²) in [4.78, 5) is 6.62. The molecule has 0 saturated heterocycles. The van der Waals surface area contributed by atoms with E-state index in [2.05, 4.69) is 15.3 Å². The molecular weight excluding hydrogens is 440 g/mol. The Morgan fingerprint density at radius 1 is 1.24 bits per heavy atom. The summed E-state index contributed by atoms with van der Waals surface area (Å²) in [5.74, 6) is 0.198. The van der Waals surface area contributed by atoms with Gasteiger partial charge < -0.3 is 9.64 Å². The van der Waals surface area contributed by atoms with E-state index in [1.165, 1.54) is 12.1 Å². The molecule has 0 bridgehead atoms. The summed E-state index contributed by atoms with van der Waals surface area (Å²) >= 11 is 0. The van der Waals surface area contributed by atoms with E-state index in [9.17, 15) is 17.6 Å². The van der Waals surface area contributed by atoms with Crippen LogP contribution in [-0.2, 0) is 0 Å². The van der Waals surface area contributed by atoms with Crippen LogP contribution >= 0.6 is 0 Å². The second-order valence-electron chi connectivity index (χ2n) is 8.08. The molecule has 0 radical (unpaired) electrons. The van der Waals surface area contributed by atoms with Crippen molar-refractivity contribution in [2.24, 2.45) is 5.92 Å². The largest absolute Gasteiger partial charge is 0.484 e. The van der Waals surface area contributed by atoms with Gasteiger partial charge in [-0.1, -0.05) is 0 Å². The maximum Gasteiger partial charge on any atom is 0.422 e. The average molecular weight is 460 g/mol. The molecule has 0 amide bonds. The SMILES string of the molecule is CN(c1ccn2ncc(-c3cn[nH]c3)c2n1)C(c1cc(F)ccc1OCC(F)(F)F)C1CC1. The van der Waals surface area contributed by atoms with Crippen molar-refractivity contribution in [3.63, 3.8) is 0 Å². The lowest BCUT2D eigenvalue weighted by atomic mass is 9.99. The maximum absolute atomic E-state index is 14.2. The number of rotatable bonds is 7. The number of benzene rings is 1. The van der Waals surface area contributed by atoms with Crippen LogP contribution in [0.2, 0.25) is 0 Å². The van der Waals surface area contributed by atoms with Gasteiger partial charge in [0.1, 0.15) is 17.4 Å². The molecule has 3 heterocycles. The number of nitrogens with zero attached hydrogens (tertiary/aromatic N) is 5. The first-order chi connectivity index (χ1) is 15.8. The molecule has 33 heavy (non-hydrogen) atoms. The first-order valence-corrected chi connectivity index (χ1v) is 10.4. The molecule has 4 aromatic rings. The quantitative estimate of drug-likeness (QED) is 0.402. The van der Waals surface area contributed by atoms with E-state index in [4.69, 9.17) is 9.72 Å². The molecule has 1 aliphatic rings. The van der Waals surface area contributed by atoms with E-state index in [0.717, 1.165) is 30.0 Å². The van der Waals surface area contributed by atoms with Crippen LogP contribution in [0.4, 0.5) is 23.4 Å². The molecule has 0 aliphatic heterocycles. The van der Waals surface area contributed by atoms with Crippen molar-refractivity contribution in [2.45, 2.75) is 25.1 Å². The van der Waals surface area contributed by atoms with Gasteiger partial charge in [-0.05, 0) is 43.0 Å². The molecule has 172 valence electrons. The molecule has 1 aromatic carbocycles. The van der Waals surface area contributed by atoms with Crippen LogP contribution in [0.3, 0.4) is 0 Å². The molecule has 7 nitrogen and oxygen atoms in total. The molecule has 1 aliphatic carbocycles. The predicted molar refractivity (Wildman–Crippen MR) is 112 cm³/mol. The first-order valence-electron chi connectivity index (χ1n) is 10.4. The fraction of sp³-hybridized carbons (Fsp3) is 0.318. The Balaban J connectivity index is 1.53. The number of halogens is 4. The van der Waals surface area contributed by atoms with Gasteiger partial charge in [-0.2, -0.15) is 23.4 Å². The third-order valence-electron chi connectivity index (χ3n) is 5.69. The Bertz CT molecular complexity index is 1270. The Kier molecular flexibility index (Phi) is 5.18. The second kappa shape index (κ2) is 8.05. The number of H-pyrrole nitrogens is 1. The van der Waals surface area contributed by atoms with Crippen LogP contribution in [0.15, 0.2) is 49.1 Å². The number of hydrogen-bond acceptors (Lipinski definition) is 5. The summed E-state index contributed by atoms with van der Waals surface area (Å²) in [7, 11) is 1.80. The summed E-state index contributed by atoms with van der Waals surface area (Å²) in [5.41, 5.74) is 2.57. The van der Waals surface area contributed by atoms with E-state index in [0.29, 0.717) is 17.0 Å². The number of hydrogen-bond donors (Lipinski definition) is 1. The molecule has 0 spiro atoms. The molecule has 3 aromatic heterocycles. The van der Waals surface area contributed by atoms with Crippen molar-refractivity contribution in [1.29, 1.82) is 0 Å². The van der Waals surface area contributed by atoms with Crippen LogP contribution in [0.5, 0.6) is 5.75 Å². The van der Waals surface area contributed by atoms with Gasteiger partial charge >= 0.3 is 6.18 Å². The fourth-order valence-electron chi connectivity index (χ4n) is 4.03. The number of aromatic nitrogens is 5. The molecular formula is C22H20F4N6O. The minimum Gasteiger partial charge on any atom is -0.484 e. The minimum atomic E-state index is -4.50. The number of alkyl halides is 3. The number of fused-ring (bicyclic) bond motifs is 1. The third kappa shape index (κ3) is 4.35. The first kappa shape index (κ1) is 21.2. The fourth-order valence-corrected chi connectivity index (χ4v) is 4.03. The maximum atomic E-state index is 14.2. The van der Waals surface area contributed by atoms with E-state index in [1.807, 2.05) is 4.90 Å². The highest BCUT2D eigenvalue weighted by Crippen LogP contribution is 2.48. The molecule has 1 N–H and O–H groups in total. The standard InChI is InChI=1S/C22H20F4N6O/c1-31(19-6-7-32-21(30-19)17(11-29-32)14-9-27-28-10-14)20(13-2-3-13)16-8-15(23)4-5-18(16)33-12-22(24,25)26/h4-11,13,20H,2-3,12H2,1H3,(H,27,28). The van der Waals surface area contributed by atoms with Gasteiger partial charge in [-0.3, -0.25) is 5.10 Å². The molecule has 5 rings (SSSR count). The monoisotopic (exact) mass is 460 g/mol. The molecule has 11 heteroatoms. The molecule has 1 fully saturated rings.